The number of esters is 1. The number of ether oxygens (including phenoxy) is 1. The molecule has 0 saturated heterocycles. The van der Waals surface area contributed by atoms with E-state index < -0.39 is 23.7 Å². The van der Waals surface area contributed by atoms with Crippen molar-refractivity contribution in [3.8, 4) is 17.2 Å². The number of nitriles is 1. The number of aromatic carboxylic acids is 1. The Morgan fingerprint density at radius 2 is 2.07 bits per heavy atom. The van der Waals surface area contributed by atoms with Gasteiger partial charge < -0.3 is 9.84 Å². The smallest absolute Gasteiger partial charge is 0.337 e. The van der Waals surface area contributed by atoms with E-state index >= 15 is 0 Å². The minimum absolute atomic E-state index is 0.00944. The van der Waals surface area contributed by atoms with E-state index in [0.717, 1.165) is 12.1 Å². The summed E-state index contributed by atoms with van der Waals surface area (Å²) in [6.45, 7) is 3.34. The molecule has 8 heteroatoms. The van der Waals surface area contributed by atoms with Crippen molar-refractivity contribution in [1.82, 2.24) is 0 Å². The van der Waals surface area contributed by atoms with Crippen LogP contribution in [0.2, 0.25) is 10.0 Å². The van der Waals surface area contributed by atoms with E-state index in [0.29, 0.717) is 0 Å². The summed E-state index contributed by atoms with van der Waals surface area (Å²) in [5.41, 5.74) is -0.724. The van der Waals surface area contributed by atoms with Crippen molar-refractivity contribution < 1.29 is 23.8 Å². The number of carboxylic acid groups (broad SMARTS) is 1. The van der Waals surface area contributed by atoms with E-state index in [4.69, 9.17) is 27.9 Å². The zero-order chi connectivity index (χ0) is 20.3. The fraction of sp³-hybridized carbons (Fsp3) is 0.211. The molecule has 0 aromatic heterocycles. The van der Waals surface area contributed by atoms with Gasteiger partial charge in [-0.25, -0.2) is 9.18 Å². The monoisotopic (exact) mass is 408 g/mol. The highest BCUT2D eigenvalue weighted by Gasteiger charge is 2.25. The molecule has 0 aliphatic rings. The van der Waals surface area contributed by atoms with E-state index in [1.54, 1.807) is 13.0 Å². The number of halogens is 3. The third-order valence-corrected chi connectivity index (χ3v) is 4.51. The van der Waals surface area contributed by atoms with Gasteiger partial charge in [-0.05, 0) is 37.6 Å². The summed E-state index contributed by atoms with van der Waals surface area (Å²) in [6, 6.07) is 7.53. The number of carbonyl (C=O) groups excluding carboxylic acids is 1. The Hall–Kier alpha value is -2.62. The first-order chi connectivity index (χ1) is 12.7. The van der Waals surface area contributed by atoms with E-state index in [1.165, 1.54) is 13.0 Å². The molecule has 0 fully saturated rings. The van der Waals surface area contributed by atoms with E-state index in [1.807, 2.05) is 0 Å². The Labute approximate surface area is 164 Å². The van der Waals surface area contributed by atoms with Crippen LogP contribution in [0.3, 0.4) is 0 Å². The molecule has 2 aromatic rings. The van der Waals surface area contributed by atoms with Crippen molar-refractivity contribution in [3.63, 3.8) is 0 Å². The molecule has 1 unspecified atom stereocenters. The first kappa shape index (κ1) is 20.7. The summed E-state index contributed by atoms with van der Waals surface area (Å²) in [6.07, 6.45) is 0. The second-order valence-corrected chi connectivity index (χ2v) is 6.30. The average molecular weight is 409 g/mol. The zero-order valence-corrected chi connectivity index (χ0v) is 15.8. The van der Waals surface area contributed by atoms with Gasteiger partial charge in [0, 0.05) is 22.2 Å². The van der Waals surface area contributed by atoms with Gasteiger partial charge in [0.1, 0.15) is 11.9 Å². The molecule has 27 heavy (non-hydrogen) atoms. The van der Waals surface area contributed by atoms with Crippen molar-refractivity contribution >= 4 is 35.1 Å². The van der Waals surface area contributed by atoms with Crippen molar-refractivity contribution in [3.05, 3.63) is 56.8 Å². The summed E-state index contributed by atoms with van der Waals surface area (Å²) in [7, 11) is 0. The Morgan fingerprint density at radius 1 is 1.41 bits per heavy atom. The van der Waals surface area contributed by atoms with Crippen LogP contribution in [0.25, 0.3) is 11.1 Å². The third kappa shape index (κ3) is 4.05. The Bertz CT molecular complexity index is 969. The van der Waals surface area contributed by atoms with Crippen LogP contribution in [-0.2, 0) is 9.53 Å². The number of nitrogens with zero attached hydrogens (tertiary/aromatic N) is 1. The molecule has 2 aromatic carbocycles. The topological polar surface area (TPSA) is 87.4 Å². The van der Waals surface area contributed by atoms with Crippen LogP contribution in [0.15, 0.2) is 18.2 Å². The summed E-state index contributed by atoms with van der Waals surface area (Å²) < 4.78 is 19.6. The van der Waals surface area contributed by atoms with Crippen LogP contribution in [0, 0.1) is 23.2 Å². The Morgan fingerprint density at radius 3 is 2.63 bits per heavy atom. The molecule has 1 radical (unpaired) electrons. The predicted octanol–water partition coefficient (Wildman–Crippen LogP) is 4.84. The van der Waals surface area contributed by atoms with Crippen molar-refractivity contribution in [2.45, 2.75) is 19.8 Å². The summed E-state index contributed by atoms with van der Waals surface area (Å²) >= 11 is 12.2. The van der Waals surface area contributed by atoms with Crippen LogP contribution in [-0.4, -0.2) is 23.7 Å². The molecule has 2 rings (SSSR count). The van der Waals surface area contributed by atoms with Crippen LogP contribution in [0.5, 0.6) is 0 Å². The van der Waals surface area contributed by atoms with E-state index in [-0.39, 0.29) is 44.5 Å². The molecule has 1 atom stereocenters. The van der Waals surface area contributed by atoms with Gasteiger partial charge in [-0.2, -0.15) is 5.26 Å². The quantitative estimate of drug-likeness (QED) is 0.715. The molecule has 1 N–H and O–H groups in total. The molecule has 0 amide bonds. The van der Waals surface area contributed by atoms with Crippen LogP contribution < -0.4 is 0 Å². The molecular formula is C19H13Cl2FNO4. The number of carboxylic acids is 1. The lowest BCUT2D eigenvalue weighted by Gasteiger charge is -2.16. The highest BCUT2D eigenvalue weighted by molar-refractivity contribution is 6.34. The fourth-order valence-electron chi connectivity index (χ4n) is 2.55. The third-order valence-electron chi connectivity index (χ3n) is 3.89. The SMILES string of the molecule is CCOC(=O)C(C)c1cc(-c2c(Cl)[c]cc(C(=O)O)c2C#N)c(F)cc1Cl. The lowest BCUT2D eigenvalue weighted by atomic mass is 9.91. The van der Waals surface area contributed by atoms with E-state index in [9.17, 15) is 24.3 Å². The molecule has 5 nitrogen and oxygen atoms in total. The molecule has 0 bridgehead atoms. The first-order valence-electron chi connectivity index (χ1n) is 7.76. The zero-order valence-electron chi connectivity index (χ0n) is 14.3. The van der Waals surface area contributed by atoms with Gasteiger partial charge in [0.2, 0.25) is 0 Å². The van der Waals surface area contributed by atoms with Crippen LogP contribution >= 0.6 is 23.2 Å². The molecule has 0 heterocycles. The minimum Gasteiger partial charge on any atom is -0.478 e. The van der Waals surface area contributed by atoms with Crippen molar-refractivity contribution in [2.75, 3.05) is 6.61 Å². The summed E-state index contributed by atoms with van der Waals surface area (Å²) in [4.78, 5) is 23.4. The summed E-state index contributed by atoms with van der Waals surface area (Å²) in [5.74, 6) is -3.58. The largest absolute Gasteiger partial charge is 0.478 e. The highest BCUT2D eigenvalue weighted by atomic mass is 35.5. The van der Waals surface area contributed by atoms with Gasteiger partial charge in [0.25, 0.3) is 0 Å². The van der Waals surface area contributed by atoms with Gasteiger partial charge in [-0.3, -0.25) is 4.79 Å². The maximum Gasteiger partial charge on any atom is 0.337 e. The standard InChI is InChI=1S/C19H13Cl2FNO4/c1-3-27-19(26)9(2)11-6-12(16(22)7-15(11)21)17-13(8-23)10(18(24)25)4-5-14(17)20/h4,6-7,9H,3H2,1-2H3,(H,24,25). The lowest BCUT2D eigenvalue weighted by molar-refractivity contribution is -0.144. The Balaban J connectivity index is 2.76. The fourth-order valence-corrected chi connectivity index (χ4v) is 3.11. The van der Waals surface area contributed by atoms with Gasteiger partial charge >= 0.3 is 11.9 Å². The second-order valence-electron chi connectivity index (χ2n) is 5.51. The molecule has 0 spiro atoms. The molecule has 0 aliphatic heterocycles. The molecule has 0 aliphatic carbocycles. The van der Waals surface area contributed by atoms with E-state index in [2.05, 4.69) is 6.07 Å². The van der Waals surface area contributed by atoms with Gasteiger partial charge in [0.15, 0.2) is 0 Å². The van der Waals surface area contributed by atoms with Gasteiger partial charge in [-0.1, -0.05) is 23.2 Å². The average Bonchev–Trinajstić information content (AvgIpc) is 2.61. The predicted molar refractivity (Wildman–Crippen MR) is 97.4 cm³/mol. The number of benzene rings is 2. The maximum atomic E-state index is 14.6. The lowest BCUT2D eigenvalue weighted by Crippen LogP contribution is -2.14. The van der Waals surface area contributed by atoms with Crippen LogP contribution in [0.1, 0.15) is 41.3 Å². The normalized spacial score (nSPS) is 11.6. The highest BCUT2D eigenvalue weighted by Crippen LogP contribution is 2.38. The number of carbonyl (C=O) groups is 2. The number of rotatable bonds is 5. The van der Waals surface area contributed by atoms with Crippen molar-refractivity contribution in [1.29, 1.82) is 5.26 Å². The molecule has 0 saturated carbocycles. The van der Waals surface area contributed by atoms with Gasteiger partial charge in [0.05, 0.1) is 28.7 Å². The number of hydrogen-bond donors (Lipinski definition) is 1. The maximum absolute atomic E-state index is 14.6. The molecular weight excluding hydrogens is 396 g/mol. The first-order valence-corrected chi connectivity index (χ1v) is 8.51. The van der Waals surface area contributed by atoms with Gasteiger partial charge in [-0.15, -0.1) is 0 Å². The minimum atomic E-state index is -1.38. The number of hydrogen-bond acceptors (Lipinski definition) is 4. The van der Waals surface area contributed by atoms with Crippen LogP contribution in [0.4, 0.5) is 4.39 Å². The second kappa shape index (κ2) is 8.38. The molecule has 139 valence electrons. The van der Waals surface area contributed by atoms with Crippen molar-refractivity contribution in [2.24, 2.45) is 0 Å². The summed E-state index contributed by atoms with van der Waals surface area (Å²) in [5, 5.41) is 18.5. The Kier molecular flexibility index (Phi) is 6.42.